The molecule has 0 saturated carbocycles. The van der Waals surface area contributed by atoms with Crippen molar-refractivity contribution >= 4 is 22.7 Å². The predicted molar refractivity (Wildman–Crippen MR) is 122 cm³/mol. The Bertz CT molecular complexity index is 1080. The molecule has 31 heavy (non-hydrogen) atoms. The van der Waals surface area contributed by atoms with E-state index in [2.05, 4.69) is 29.0 Å². The highest BCUT2D eigenvalue weighted by molar-refractivity contribution is 5.84. The van der Waals surface area contributed by atoms with Gasteiger partial charge in [-0.15, -0.1) is 0 Å². The van der Waals surface area contributed by atoms with Gasteiger partial charge in [0.05, 0.1) is 6.61 Å². The van der Waals surface area contributed by atoms with Crippen LogP contribution < -0.4 is 15.8 Å². The van der Waals surface area contributed by atoms with Crippen molar-refractivity contribution in [1.82, 2.24) is 10.3 Å². The molecule has 0 spiro atoms. The normalized spacial score (nSPS) is 10.8. The molecule has 0 bridgehead atoms. The molecule has 2 heterocycles. The second-order valence-electron chi connectivity index (χ2n) is 7.26. The molecule has 0 fully saturated rings. The zero-order chi connectivity index (χ0) is 22.2. The number of alkyl carbamates (subject to hydrolysis) is 1. The van der Waals surface area contributed by atoms with Crippen LogP contribution >= 0.6 is 0 Å². The maximum Gasteiger partial charge on any atom is 0.407 e. The zero-order valence-corrected chi connectivity index (χ0v) is 18.3. The van der Waals surface area contributed by atoms with E-state index in [1.54, 1.807) is 12.4 Å². The third-order valence-corrected chi connectivity index (χ3v) is 5.42. The maximum atomic E-state index is 12.5. The Hall–Kier alpha value is -3.35. The highest BCUT2D eigenvalue weighted by Crippen LogP contribution is 2.25. The van der Waals surface area contributed by atoms with Crippen molar-refractivity contribution in [3.05, 3.63) is 69.8 Å². The van der Waals surface area contributed by atoms with Crippen LogP contribution in [0, 0.1) is 6.92 Å². The number of nitrogens with one attached hydrogen (secondary N) is 1. The van der Waals surface area contributed by atoms with E-state index in [1.807, 2.05) is 37.3 Å². The van der Waals surface area contributed by atoms with E-state index in [1.165, 1.54) is 0 Å². The summed E-state index contributed by atoms with van der Waals surface area (Å²) in [6, 6.07) is 9.74. The van der Waals surface area contributed by atoms with Gasteiger partial charge in [0.25, 0.3) is 0 Å². The molecule has 2 aromatic heterocycles. The molecule has 3 rings (SSSR count). The first-order chi connectivity index (χ1) is 15.0. The second-order valence-corrected chi connectivity index (χ2v) is 7.26. The first-order valence-corrected chi connectivity index (χ1v) is 10.6. The quantitative estimate of drug-likeness (QED) is 0.526. The number of carbonyl (C=O) groups excluding carboxylic acids is 1. The van der Waals surface area contributed by atoms with Gasteiger partial charge in [-0.1, -0.05) is 0 Å². The van der Waals surface area contributed by atoms with Gasteiger partial charge >= 0.3 is 11.7 Å². The molecule has 1 aromatic carbocycles. The summed E-state index contributed by atoms with van der Waals surface area (Å²) in [6.45, 7) is 8.42. The summed E-state index contributed by atoms with van der Waals surface area (Å²) in [7, 11) is 0. The Balaban J connectivity index is 1.59. The number of hydrogen-bond donors (Lipinski definition) is 1. The number of rotatable bonds is 9. The van der Waals surface area contributed by atoms with E-state index in [9.17, 15) is 9.59 Å². The van der Waals surface area contributed by atoms with E-state index in [4.69, 9.17) is 9.15 Å². The van der Waals surface area contributed by atoms with Crippen molar-refractivity contribution in [3.63, 3.8) is 0 Å². The fourth-order valence-electron chi connectivity index (χ4n) is 3.61. The van der Waals surface area contributed by atoms with Crippen LogP contribution in [0.25, 0.3) is 11.0 Å². The number of ether oxygens (including phenoxy) is 1. The van der Waals surface area contributed by atoms with Crippen molar-refractivity contribution in [3.8, 4) is 0 Å². The molecular weight excluding hydrogens is 394 g/mol. The van der Waals surface area contributed by atoms with Crippen LogP contribution in [0.15, 0.2) is 51.9 Å². The van der Waals surface area contributed by atoms with Crippen LogP contribution in [0.1, 0.15) is 30.5 Å². The summed E-state index contributed by atoms with van der Waals surface area (Å²) in [5.74, 6) is 0. The van der Waals surface area contributed by atoms with Gasteiger partial charge in [0.1, 0.15) is 5.58 Å². The molecule has 164 valence electrons. The lowest BCUT2D eigenvalue weighted by Gasteiger charge is -2.21. The average molecular weight is 424 g/mol. The Morgan fingerprint density at radius 3 is 2.58 bits per heavy atom. The van der Waals surface area contributed by atoms with Crippen molar-refractivity contribution < 1.29 is 13.9 Å². The van der Waals surface area contributed by atoms with Crippen LogP contribution in [0.4, 0.5) is 10.5 Å². The van der Waals surface area contributed by atoms with Crippen LogP contribution in [0.2, 0.25) is 0 Å². The zero-order valence-electron chi connectivity index (χ0n) is 18.3. The highest BCUT2D eigenvalue weighted by atomic mass is 16.5. The molecule has 0 aliphatic heterocycles. The number of pyridine rings is 1. The van der Waals surface area contributed by atoms with E-state index in [0.29, 0.717) is 30.5 Å². The van der Waals surface area contributed by atoms with E-state index < -0.39 is 6.09 Å². The molecule has 7 heteroatoms. The monoisotopic (exact) mass is 423 g/mol. The van der Waals surface area contributed by atoms with Crippen LogP contribution in [-0.4, -0.2) is 37.3 Å². The number of amides is 1. The van der Waals surface area contributed by atoms with Gasteiger partial charge < -0.3 is 19.4 Å². The minimum atomic E-state index is -0.499. The minimum absolute atomic E-state index is 0.107. The summed E-state index contributed by atoms with van der Waals surface area (Å²) < 4.78 is 10.8. The first-order valence-electron chi connectivity index (χ1n) is 10.6. The summed E-state index contributed by atoms with van der Waals surface area (Å²) in [5.41, 5.74) is 3.70. The number of benzene rings is 1. The molecule has 0 atom stereocenters. The number of anilines is 1. The van der Waals surface area contributed by atoms with Crippen molar-refractivity contribution in [1.29, 1.82) is 0 Å². The molecule has 0 radical (unpaired) electrons. The molecule has 0 aliphatic rings. The van der Waals surface area contributed by atoms with Crippen molar-refractivity contribution in [2.75, 3.05) is 31.1 Å². The van der Waals surface area contributed by atoms with Crippen LogP contribution in [0.3, 0.4) is 0 Å². The van der Waals surface area contributed by atoms with Crippen molar-refractivity contribution in [2.24, 2.45) is 0 Å². The van der Waals surface area contributed by atoms with Gasteiger partial charge in [0, 0.05) is 61.2 Å². The molecule has 0 aliphatic carbocycles. The molecule has 7 nitrogen and oxygen atoms in total. The Labute approximate surface area is 182 Å². The summed E-state index contributed by atoms with van der Waals surface area (Å²) in [6.07, 6.45) is 3.94. The SMILES string of the molecule is CCN(CC)c1ccc2c(C)c(CCOC(=O)NCCc3ccncc3)c(=O)oc2c1. The van der Waals surface area contributed by atoms with Gasteiger partial charge in [-0.2, -0.15) is 0 Å². The van der Waals surface area contributed by atoms with Crippen molar-refractivity contribution in [2.45, 2.75) is 33.6 Å². The third-order valence-electron chi connectivity index (χ3n) is 5.42. The van der Waals surface area contributed by atoms with Gasteiger partial charge in [-0.3, -0.25) is 4.98 Å². The van der Waals surface area contributed by atoms with E-state index in [-0.39, 0.29) is 12.2 Å². The fraction of sp³-hybridized carbons (Fsp3) is 0.375. The van der Waals surface area contributed by atoms with Crippen LogP contribution in [-0.2, 0) is 17.6 Å². The fourth-order valence-corrected chi connectivity index (χ4v) is 3.61. The summed E-state index contributed by atoms with van der Waals surface area (Å²) >= 11 is 0. The van der Waals surface area contributed by atoms with Gasteiger partial charge in [0.2, 0.25) is 0 Å². The number of aromatic nitrogens is 1. The van der Waals surface area contributed by atoms with Crippen LogP contribution in [0.5, 0.6) is 0 Å². The lowest BCUT2D eigenvalue weighted by molar-refractivity contribution is 0.147. The molecule has 1 amide bonds. The number of nitrogens with zero attached hydrogens (tertiary/aromatic N) is 2. The van der Waals surface area contributed by atoms with Gasteiger partial charge in [0.15, 0.2) is 0 Å². The smallest absolute Gasteiger partial charge is 0.407 e. The summed E-state index contributed by atoms with van der Waals surface area (Å²) in [4.78, 5) is 30.6. The molecule has 3 aromatic rings. The lowest BCUT2D eigenvalue weighted by atomic mass is 10.0. The Kier molecular flexibility index (Phi) is 7.65. The standard InChI is InChI=1S/C24H29N3O4/c1-4-27(5-2)19-6-7-20-17(3)21(23(28)31-22(20)16-19)11-15-30-24(29)26-14-10-18-8-12-25-13-9-18/h6-9,12-13,16H,4-5,10-11,14-15H2,1-3H3,(H,26,29). The molecule has 0 saturated heterocycles. The van der Waals surface area contributed by atoms with E-state index >= 15 is 0 Å². The Morgan fingerprint density at radius 2 is 1.87 bits per heavy atom. The average Bonchev–Trinajstić information content (AvgIpc) is 2.77. The number of carbonyl (C=O) groups is 1. The number of hydrogen-bond acceptors (Lipinski definition) is 6. The van der Waals surface area contributed by atoms with E-state index in [0.717, 1.165) is 35.3 Å². The highest BCUT2D eigenvalue weighted by Gasteiger charge is 2.14. The number of fused-ring (bicyclic) bond motifs is 1. The topological polar surface area (TPSA) is 84.7 Å². The second kappa shape index (κ2) is 10.6. The predicted octanol–water partition coefficient (Wildman–Crippen LogP) is 3.85. The number of aryl methyl sites for hydroxylation is 1. The largest absolute Gasteiger partial charge is 0.449 e. The summed E-state index contributed by atoms with van der Waals surface area (Å²) in [5, 5.41) is 3.61. The third kappa shape index (κ3) is 5.63. The molecule has 1 N–H and O–H groups in total. The molecular formula is C24H29N3O4. The first kappa shape index (κ1) is 22.3. The van der Waals surface area contributed by atoms with Gasteiger partial charge in [-0.05, 0) is 62.6 Å². The Morgan fingerprint density at radius 1 is 1.13 bits per heavy atom. The minimum Gasteiger partial charge on any atom is -0.449 e. The molecule has 0 unspecified atom stereocenters. The lowest BCUT2D eigenvalue weighted by Crippen LogP contribution is -2.27. The maximum absolute atomic E-state index is 12.5. The van der Waals surface area contributed by atoms with Gasteiger partial charge in [-0.25, -0.2) is 9.59 Å².